The topological polar surface area (TPSA) is 103 Å². The van der Waals surface area contributed by atoms with E-state index < -0.39 is 5.69 Å². The molecular weight excluding hydrogens is 394 g/mol. The number of urea groups is 1. The number of anilines is 1. The Morgan fingerprint density at radius 2 is 1.81 bits per heavy atom. The van der Waals surface area contributed by atoms with Crippen LogP contribution in [0.2, 0.25) is 0 Å². The van der Waals surface area contributed by atoms with Crippen molar-refractivity contribution in [2.45, 2.75) is 6.54 Å². The normalized spacial score (nSPS) is 24.6. The number of carbonyl (C=O) groups excluding carboxylic acids is 1. The molecule has 1 aromatic heterocycles. The van der Waals surface area contributed by atoms with Crippen LogP contribution in [0.4, 0.5) is 10.6 Å². The van der Waals surface area contributed by atoms with Gasteiger partial charge in [0, 0.05) is 38.9 Å². The summed E-state index contributed by atoms with van der Waals surface area (Å²) in [6.07, 6.45) is 1.65. The number of rotatable bonds is 6. The van der Waals surface area contributed by atoms with Crippen LogP contribution in [-0.2, 0) is 6.54 Å². The van der Waals surface area contributed by atoms with Crippen molar-refractivity contribution in [3.8, 4) is 5.69 Å². The molecule has 31 heavy (non-hydrogen) atoms. The molecule has 1 aromatic carbocycles. The van der Waals surface area contributed by atoms with E-state index in [0.29, 0.717) is 13.1 Å². The number of nitrogens with zero attached hydrogens (tertiary/aromatic N) is 3. The highest BCUT2D eigenvalue weighted by atomic mass is 16.2. The second-order valence-corrected chi connectivity index (χ2v) is 8.58. The quantitative estimate of drug-likeness (QED) is 0.530. The van der Waals surface area contributed by atoms with Crippen molar-refractivity contribution in [1.29, 1.82) is 0 Å². The third-order valence-corrected chi connectivity index (χ3v) is 6.64. The van der Waals surface area contributed by atoms with Crippen LogP contribution in [0.25, 0.3) is 5.69 Å². The first-order valence-electron chi connectivity index (χ1n) is 11.1. The summed E-state index contributed by atoms with van der Waals surface area (Å²) < 4.78 is 1.48. The van der Waals surface area contributed by atoms with E-state index in [9.17, 15) is 9.59 Å². The van der Waals surface area contributed by atoms with E-state index in [4.69, 9.17) is 0 Å². The van der Waals surface area contributed by atoms with Gasteiger partial charge in [0.1, 0.15) is 5.82 Å². The largest absolute Gasteiger partial charge is 0.354 e. The molecule has 9 heteroatoms. The van der Waals surface area contributed by atoms with E-state index in [1.165, 1.54) is 23.2 Å². The monoisotopic (exact) mass is 423 g/mol. The summed E-state index contributed by atoms with van der Waals surface area (Å²) in [5, 5.41) is 12.9. The zero-order valence-corrected chi connectivity index (χ0v) is 17.5. The Bertz CT molecular complexity index is 974. The second-order valence-electron chi connectivity index (χ2n) is 8.58. The molecule has 2 unspecified atom stereocenters. The maximum atomic E-state index is 12.5. The summed E-state index contributed by atoms with van der Waals surface area (Å²) in [4.78, 5) is 30.5. The van der Waals surface area contributed by atoms with Crippen LogP contribution in [0.3, 0.4) is 0 Å². The Labute approximate surface area is 181 Å². The third kappa shape index (κ3) is 4.48. The molecular formula is C22H29N7O2. The van der Waals surface area contributed by atoms with Crippen molar-refractivity contribution < 1.29 is 4.79 Å². The molecule has 3 aliphatic rings. The Kier molecular flexibility index (Phi) is 5.71. The number of carbonyl (C=O) groups is 1. The minimum absolute atomic E-state index is 0.228. The first-order chi connectivity index (χ1) is 15.2. The van der Waals surface area contributed by atoms with E-state index in [0.717, 1.165) is 49.6 Å². The molecule has 2 aromatic rings. The van der Waals surface area contributed by atoms with Gasteiger partial charge in [-0.25, -0.2) is 9.59 Å². The average molecular weight is 424 g/mol. The zero-order chi connectivity index (χ0) is 21.2. The molecule has 1 saturated carbocycles. The predicted molar refractivity (Wildman–Crippen MR) is 118 cm³/mol. The molecule has 0 spiro atoms. The van der Waals surface area contributed by atoms with Gasteiger partial charge >= 0.3 is 11.7 Å². The van der Waals surface area contributed by atoms with Gasteiger partial charge < -0.3 is 20.9 Å². The number of benzene rings is 1. The molecule has 0 radical (unpaired) electrons. The average Bonchev–Trinajstić information content (AvgIpc) is 3.21. The summed E-state index contributed by atoms with van der Waals surface area (Å²) in [7, 11) is 0. The summed E-state index contributed by atoms with van der Waals surface area (Å²) in [5.41, 5.74) is 1.52. The Balaban J connectivity index is 1.16. The van der Waals surface area contributed by atoms with Crippen molar-refractivity contribution in [3.63, 3.8) is 0 Å². The van der Waals surface area contributed by atoms with Crippen LogP contribution < -0.4 is 27.0 Å². The van der Waals surface area contributed by atoms with Gasteiger partial charge in [-0.15, -0.1) is 0 Å². The van der Waals surface area contributed by atoms with Crippen molar-refractivity contribution in [3.05, 3.63) is 52.6 Å². The van der Waals surface area contributed by atoms with Crippen LogP contribution in [0, 0.1) is 17.8 Å². The summed E-state index contributed by atoms with van der Waals surface area (Å²) in [6.45, 7) is 7.07. The highest BCUT2D eigenvalue weighted by Gasteiger charge is 2.51. The van der Waals surface area contributed by atoms with Gasteiger partial charge in [0.2, 0.25) is 0 Å². The lowest BCUT2D eigenvalue weighted by molar-refractivity contribution is 0.204. The molecule has 0 bridgehead atoms. The Morgan fingerprint density at radius 1 is 1.06 bits per heavy atom. The zero-order valence-electron chi connectivity index (χ0n) is 17.5. The second kappa shape index (κ2) is 8.78. The number of nitrogens with one attached hydrogen (secondary N) is 4. The fourth-order valence-corrected chi connectivity index (χ4v) is 4.73. The van der Waals surface area contributed by atoms with Crippen LogP contribution in [0.15, 0.2) is 41.3 Å². The third-order valence-electron chi connectivity index (χ3n) is 6.64. The van der Waals surface area contributed by atoms with E-state index in [1.54, 1.807) is 17.2 Å². The molecule has 9 nitrogen and oxygen atoms in total. The molecule has 5 rings (SSSR count). The van der Waals surface area contributed by atoms with Gasteiger partial charge in [0.15, 0.2) is 0 Å². The van der Waals surface area contributed by atoms with Gasteiger partial charge in [-0.3, -0.25) is 9.88 Å². The van der Waals surface area contributed by atoms with Crippen LogP contribution in [0.1, 0.15) is 5.56 Å². The number of aromatic nitrogens is 2. The van der Waals surface area contributed by atoms with Gasteiger partial charge in [0.25, 0.3) is 0 Å². The first kappa shape index (κ1) is 20.2. The molecule has 2 aliphatic heterocycles. The summed E-state index contributed by atoms with van der Waals surface area (Å²) >= 11 is 0. The van der Waals surface area contributed by atoms with E-state index in [1.807, 2.05) is 24.3 Å². The van der Waals surface area contributed by atoms with Crippen molar-refractivity contribution in [2.24, 2.45) is 17.8 Å². The molecule has 2 saturated heterocycles. The molecule has 3 fully saturated rings. The smallest absolute Gasteiger partial charge is 0.322 e. The Morgan fingerprint density at radius 3 is 2.52 bits per heavy atom. The number of fused-ring (bicyclic) bond motifs is 1. The lowest BCUT2D eigenvalue weighted by atomic mass is 10.2. The molecule has 3 heterocycles. The summed E-state index contributed by atoms with van der Waals surface area (Å²) in [5.74, 6) is 2.85. The fraction of sp³-hybridized carbons (Fsp3) is 0.500. The van der Waals surface area contributed by atoms with Crippen molar-refractivity contribution in [2.75, 3.05) is 51.1 Å². The number of hydrogen-bond acceptors (Lipinski definition) is 6. The van der Waals surface area contributed by atoms with E-state index in [-0.39, 0.29) is 11.8 Å². The van der Waals surface area contributed by atoms with Gasteiger partial charge in [0.05, 0.1) is 5.69 Å². The van der Waals surface area contributed by atoms with Crippen molar-refractivity contribution >= 4 is 11.8 Å². The minimum Gasteiger partial charge on any atom is -0.322 e. The molecule has 4 N–H and O–H groups in total. The van der Waals surface area contributed by atoms with Gasteiger partial charge in [-0.1, -0.05) is 12.1 Å². The van der Waals surface area contributed by atoms with E-state index >= 15 is 0 Å². The number of piperidine rings is 1. The van der Waals surface area contributed by atoms with Gasteiger partial charge in [-0.05, 0) is 61.2 Å². The van der Waals surface area contributed by atoms with Crippen LogP contribution >= 0.6 is 0 Å². The number of amides is 2. The van der Waals surface area contributed by atoms with Crippen LogP contribution in [-0.4, -0.2) is 66.3 Å². The molecule has 1 aliphatic carbocycles. The Hall–Kier alpha value is -2.75. The number of hydrogen-bond donors (Lipinski definition) is 4. The molecule has 2 amide bonds. The maximum Gasteiger partial charge on any atom is 0.354 e. The lowest BCUT2D eigenvalue weighted by Crippen LogP contribution is -2.48. The summed E-state index contributed by atoms with van der Waals surface area (Å²) in [6, 6.07) is 9.34. The van der Waals surface area contributed by atoms with Crippen molar-refractivity contribution in [1.82, 2.24) is 30.4 Å². The maximum absolute atomic E-state index is 12.5. The standard InChI is InChI=1S/C22H29N7O2/c30-21(28-9-6-23-7-10-28)26-20-5-8-29(22(31)27-20)16-3-1-15(2-4-16)11-24-12-17-18-13-25-14-19(17)18/h1-5,8,17-19,23-25H,6-7,9-14H2,(H,26,27,30,31)/t17?,18-,19?/m0/s1. The number of piperazine rings is 1. The fourth-order valence-electron chi connectivity index (χ4n) is 4.73. The minimum atomic E-state index is -0.419. The first-order valence-corrected chi connectivity index (χ1v) is 11.1. The highest BCUT2D eigenvalue weighted by Crippen LogP contribution is 2.47. The van der Waals surface area contributed by atoms with E-state index in [2.05, 4.69) is 26.3 Å². The van der Waals surface area contributed by atoms with Crippen LogP contribution in [0.5, 0.6) is 0 Å². The SMILES string of the molecule is O=C(Nc1ccn(-c2ccc(CNCC3C4CNC[C@@H]34)cc2)c(=O)n1)N1CCNCC1. The van der Waals surface area contributed by atoms with Gasteiger partial charge in [-0.2, -0.15) is 4.98 Å². The lowest BCUT2D eigenvalue weighted by Gasteiger charge is -2.27. The molecule has 3 atom stereocenters. The highest BCUT2D eigenvalue weighted by molar-refractivity contribution is 5.88. The predicted octanol–water partition coefficient (Wildman–Crippen LogP) is 0.225. The molecule has 164 valence electrons.